The molecule has 0 aliphatic rings. The number of benzene rings is 1. The highest BCUT2D eigenvalue weighted by Crippen LogP contribution is 2.22. The molecule has 0 radical (unpaired) electrons. The molecule has 0 saturated heterocycles. The molecule has 2 nitrogen and oxygen atoms in total. The number of imidazole rings is 1. The van der Waals surface area contributed by atoms with Crippen molar-refractivity contribution in [2.45, 2.75) is 13.8 Å². The Labute approximate surface area is 102 Å². The second-order valence-corrected chi connectivity index (χ2v) is 4.81. The van der Waals surface area contributed by atoms with E-state index in [2.05, 4.69) is 46.0 Å². The zero-order chi connectivity index (χ0) is 11.0. The molecule has 0 bridgehead atoms. The van der Waals surface area contributed by atoms with E-state index in [1.165, 1.54) is 5.56 Å². The molecule has 0 saturated carbocycles. The number of aromatic amines is 1. The highest BCUT2D eigenvalue weighted by atomic mass is 79.9. The number of H-pyrrole nitrogens is 1. The molecule has 2 rings (SSSR count). The van der Waals surface area contributed by atoms with Crippen LogP contribution in [0.3, 0.4) is 0 Å². The van der Waals surface area contributed by atoms with Gasteiger partial charge in [0.15, 0.2) is 4.77 Å². The molecular weight excluding hydrogens is 272 g/mol. The van der Waals surface area contributed by atoms with Crippen LogP contribution in [0.1, 0.15) is 11.3 Å². The van der Waals surface area contributed by atoms with Crippen LogP contribution < -0.4 is 0 Å². The molecule has 2 aromatic rings. The summed E-state index contributed by atoms with van der Waals surface area (Å²) in [5.74, 6) is 0. The average molecular weight is 283 g/mol. The maximum absolute atomic E-state index is 5.23. The van der Waals surface area contributed by atoms with Crippen molar-refractivity contribution in [3.05, 3.63) is 44.9 Å². The van der Waals surface area contributed by atoms with Gasteiger partial charge in [-0.2, -0.15) is 0 Å². The molecule has 0 fully saturated rings. The van der Waals surface area contributed by atoms with Gasteiger partial charge in [0.05, 0.1) is 5.69 Å². The van der Waals surface area contributed by atoms with Crippen LogP contribution in [-0.4, -0.2) is 9.55 Å². The second kappa shape index (κ2) is 3.94. The minimum Gasteiger partial charge on any atom is -0.335 e. The topological polar surface area (TPSA) is 20.7 Å². The summed E-state index contributed by atoms with van der Waals surface area (Å²) < 4.78 is 3.74. The Hall–Kier alpha value is -0.870. The van der Waals surface area contributed by atoms with E-state index in [1.54, 1.807) is 0 Å². The lowest BCUT2D eigenvalue weighted by atomic mass is 10.2. The van der Waals surface area contributed by atoms with Crippen LogP contribution in [-0.2, 0) is 0 Å². The van der Waals surface area contributed by atoms with Gasteiger partial charge < -0.3 is 4.98 Å². The molecule has 4 heteroatoms. The third kappa shape index (κ3) is 2.06. The molecule has 0 unspecified atom stereocenters. The predicted molar refractivity (Wildman–Crippen MR) is 68.1 cm³/mol. The van der Waals surface area contributed by atoms with Crippen molar-refractivity contribution in [1.82, 2.24) is 9.55 Å². The van der Waals surface area contributed by atoms with Gasteiger partial charge in [0.1, 0.15) is 0 Å². The summed E-state index contributed by atoms with van der Waals surface area (Å²) in [4.78, 5) is 3.10. The quantitative estimate of drug-likeness (QED) is 0.787. The Bertz CT molecular complexity index is 554. The van der Waals surface area contributed by atoms with Gasteiger partial charge in [-0.05, 0) is 59.7 Å². The van der Waals surface area contributed by atoms with Crippen LogP contribution in [0, 0.1) is 18.6 Å². The number of nitrogens with zero attached hydrogens (tertiary/aromatic N) is 1. The summed E-state index contributed by atoms with van der Waals surface area (Å²) in [6.45, 7) is 4.06. The number of hydrogen-bond acceptors (Lipinski definition) is 1. The first-order chi connectivity index (χ1) is 7.08. The van der Waals surface area contributed by atoms with Crippen LogP contribution in [0.5, 0.6) is 0 Å². The van der Waals surface area contributed by atoms with Crippen LogP contribution in [0.15, 0.2) is 28.9 Å². The van der Waals surface area contributed by atoms with Crippen molar-refractivity contribution in [2.75, 3.05) is 0 Å². The summed E-state index contributed by atoms with van der Waals surface area (Å²) >= 11 is 8.78. The molecule has 1 heterocycles. The molecule has 0 amide bonds. The van der Waals surface area contributed by atoms with Crippen LogP contribution in [0.25, 0.3) is 5.69 Å². The lowest BCUT2D eigenvalue weighted by Crippen LogP contribution is -1.93. The van der Waals surface area contributed by atoms with Crippen LogP contribution >= 0.6 is 28.1 Å². The standard InChI is InChI=1S/C11H11BrN2S/c1-7-3-4-10(9(12)5-7)14-6-8(2)13-11(14)15/h3-6H,1-2H3,(H,13,15). The Morgan fingerprint density at radius 1 is 1.33 bits per heavy atom. The number of nitrogens with one attached hydrogen (secondary N) is 1. The first-order valence-corrected chi connectivity index (χ1v) is 5.83. The van der Waals surface area contributed by atoms with E-state index in [0.29, 0.717) is 0 Å². The van der Waals surface area contributed by atoms with E-state index in [1.807, 2.05) is 17.7 Å². The maximum atomic E-state index is 5.23. The van der Waals surface area contributed by atoms with Crippen molar-refractivity contribution in [3.8, 4) is 5.69 Å². The van der Waals surface area contributed by atoms with Crippen molar-refractivity contribution >= 4 is 28.1 Å². The van der Waals surface area contributed by atoms with Gasteiger partial charge in [0.25, 0.3) is 0 Å². The fourth-order valence-electron chi connectivity index (χ4n) is 1.50. The number of hydrogen-bond donors (Lipinski definition) is 1. The third-order valence-electron chi connectivity index (χ3n) is 2.21. The third-order valence-corrected chi connectivity index (χ3v) is 3.14. The molecule has 1 aromatic heterocycles. The lowest BCUT2D eigenvalue weighted by molar-refractivity contribution is 1.02. The summed E-state index contributed by atoms with van der Waals surface area (Å²) in [6, 6.07) is 6.21. The number of aryl methyl sites for hydroxylation is 2. The molecule has 0 spiro atoms. The molecule has 1 aromatic carbocycles. The van der Waals surface area contributed by atoms with Gasteiger partial charge in [-0.3, -0.25) is 4.57 Å². The average Bonchev–Trinajstić information content (AvgIpc) is 2.45. The fourth-order valence-corrected chi connectivity index (χ4v) is 2.50. The summed E-state index contributed by atoms with van der Waals surface area (Å²) in [5.41, 5.74) is 3.35. The Morgan fingerprint density at radius 2 is 2.07 bits per heavy atom. The molecule has 15 heavy (non-hydrogen) atoms. The van der Waals surface area contributed by atoms with Crippen LogP contribution in [0.2, 0.25) is 0 Å². The molecule has 78 valence electrons. The highest BCUT2D eigenvalue weighted by Gasteiger charge is 2.04. The van der Waals surface area contributed by atoms with E-state index in [0.717, 1.165) is 20.6 Å². The molecule has 0 aliphatic carbocycles. The van der Waals surface area contributed by atoms with Gasteiger partial charge >= 0.3 is 0 Å². The minimum atomic E-state index is 0.719. The van der Waals surface area contributed by atoms with Crippen molar-refractivity contribution in [2.24, 2.45) is 0 Å². The Balaban J connectivity index is 2.64. The van der Waals surface area contributed by atoms with E-state index in [-0.39, 0.29) is 0 Å². The van der Waals surface area contributed by atoms with Crippen LogP contribution in [0.4, 0.5) is 0 Å². The summed E-state index contributed by atoms with van der Waals surface area (Å²) in [6.07, 6.45) is 2.00. The minimum absolute atomic E-state index is 0.719. The van der Waals surface area contributed by atoms with Gasteiger partial charge in [-0.1, -0.05) is 6.07 Å². The Morgan fingerprint density at radius 3 is 2.60 bits per heavy atom. The number of aromatic nitrogens is 2. The monoisotopic (exact) mass is 282 g/mol. The molecule has 0 atom stereocenters. The van der Waals surface area contributed by atoms with Gasteiger partial charge in [-0.25, -0.2) is 0 Å². The number of rotatable bonds is 1. The predicted octanol–water partition coefficient (Wildman–Crippen LogP) is 3.91. The fraction of sp³-hybridized carbons (Fsp3) is 0.182. The largest absolute Gasteiger partial charge is 0.335 e. The SMILES string of the molecule is Cc1ccc(-n2cc(C)[nH]c2=S)c(Br)c1. The number of halogens is 1. The normalized spacial score (nSPS) is 10.6. The van der Waals surface area contributed by atoms with Gasteiger partial charge in [0, 0.05) is 16.4 Å². The zero-order valence-corrected chi connectivity index (χ0v) is 10.9. The zero-order valence-electron chi connectivity index (χ0n) is 8.54. The first-order valence-electron chi connectivity index (χ1n) is 4.63. The van der Waals surface area contributed by atoms with E-state index in [4.69, 9.17) is 12.2 Å². The van der Waals surface area contributed by atoms with Crippen molar-refractivity contribution < 1.29 is 0 Å². The van der Waals surface area contributed by atoms with Gasteiger partial charge in [-0.15, -0.1) is 0 Å². The Kier molecular flexibility index (Phi) is 2.80. The van der Waals surface area contributed by atoms with E-state index < -0.39 is 0 Å². The highest BCUT2D eigenvalue weighted by molar-refractivity contribution is 9.10. The summed E-state index contributed by atoms with van der Waals surface area (Å²) in [5, 5.41) is 0. The van der Waals surface area contributed by atoms with E-state index in [9.17, 15) is 0 Å². The van der Waals surface area contributed by atoms with Crippen molar-refractivity contribution in [3.63, 3.8) is 0 Å². The lowest BCUT2D eigenvalue weighted by Gasteiger charge is -2.05. The molecular formula is C11H11BrN2S. The smallest absolute Gasteiger partial charge is 0.182 e. The maximum Gasteiger partial charge on any atom is 0.182 e. The molecule has 1 N–H and O–H groups in total. The first kappa shape index (κ1) is 10.6. The summed E-state index contributed by atoms with van der Waals surface area (Å²) in [7, 11) is 0. The van der Waals surface area contributed by atoms with Gasteiger partial charge in [0.2, 0.25) is 0 Å². The van der Waals surface area contributed by atoms with Crippen molar-refractivity contribution in [1.29, 1.82) is 0 Å². The van der Waals surface area contributed by atoms with E-state index >= 15 is 0 Å². The second-order valence-electron chi connectivity index (χ2n) is 3.57. The molecule has 0 aliphatic heterocycles.